The molecule has 11 heteroatoms. The lowest BCUT2D eigenvalue weighted by Gasteiger charge is -2.34. The van der Waals surface area contributed by atoms with Crippen LogP contribution >= 0.6 is 0 Å². The largest absolute Gasteiger partial charge is 0.369 e. The number of benzene rings is 2. The van der Waals surface area contributed by atoms with E-state index in [1.165, 1.54) is 28.6 Å². The van der Waals surface area contributed by atoms with Gasteiger partial charge in [0.05, 0.1) is 28.7 Å². The van der Waals surface area contributed by atoms with E-state index in [1.807, 2.05) is 18.2 Å². The Hall–Kier alpha value is -4.77. The molecule has 2 aliphatic rings. The Kier molecular flexibility index (Phi) is 5.76. The molecule has 2 amide bonds. The fourth-order valence-corrected chi connectivity index (χ4v) is 5.14. The number of carbonyl (C=O) groups is 2. The first-order valence-corrected chi connectivity index (χ1v) is 12.3. The fourth-order valence-electron chi connectivity index (χ4n) is 5.14. The first-order chi connectivity index (χ1) is 18.4. The number of aromatic nitrogens is 4. The van der Waals surface area contributed by atoms with Crippen LogP contribution in [-0.4, -0.2) is 77.2 Å². The van der Waals surface area contributed by atoms with Crippen molar-refractivity contribution >= 4 is 29.0 Å². The summed E-state index contributed by atoms with van der Waals surface area (Å²) < 4.78 is 0. The van der Waals surface area contributed by atoms with Gasteiger partial charge in [-0.25, -0.2) is 14.8 Å². The van der Waals surface area contributed by atoms with Gasteiger partial charge >= 0.3 is 6.03 Å². The fraction of sp³-hybridized carbons (Fsp3) is 0.222. The number of fused-ring (bicyclic) bond motifs is 3. The predicted molar refractivity (Wildman–Crippen MR) is 145 cm³/mol. The van der Waals surface area contributed by atoms with Gasteiger partial charge in [-0.1, -0.05) is 24.3 Å². The Bertz CT molecular complexity index is 1510. The molecule has 11 nitrogen and oxygen atoms in total. The van der Waals surface area contributed by atoms with Crippen molar-refractivity contribution < 1.29 is 9.59 Å². The molecule has 0 bridgehead atoms. The summed E-state index contributed by atoms with van der Waals surface area (Å²) in [5.74, 6) is 0.173. The molecule has 0 atom stereocenters. The van der Waals surface area contributed by atoms with Crippen LogP contribution in [0.5, 0.6) is 0 Å². The number of rotatable bonds is 5. The normalized spacial score (nSPS) is 14.8. The summed E-state index contributed by atoms with van der Waals surface area (Å²) in [4.78, 5) is 39.5. The van der Waals surface area contributed by atoms with Gasteiger partial charge in [0.2, 0.25) is 0 Å². The van der Waals surface area contributed by atoms with Crippen molar-refractivity contribution in [1.82, 2.24) is 25.1 Å². The van der Waals surface area contributed by atoms with E-state index in [-0.39, 0.29) is 5.78 Å². The number of hydrogen-bond acceptors (Lipinski definition) is 8. The molecular weight excluding hydrogens is 482 g/mol. The first-order valence-electron chi connectivity index (χ1n) is 12.3. The number of ketones is 1. The van der Waals surface area contributed by atoms with Gasteiger partial charge in [-0.05, 0) is 25.2 Å². The van der Waals surface area contributed by atoms with Crippen LogP contribution in [0, 0.1) is 0 Å². The van der Waals surface area contributed by atoms with Crippen molar-refractivity contribution in [2.75, 3.05) is 55.2 Å². The topological polar surface area (TPSA) is 128 Å². The third-order valence-corrected chi connectivity index (χ3v) is 7.16. The molecule has 0 spiro atoms. The van der Waals surface area contributed by atoms with Crippen molar-refractivity contribution in [3.63, 3.8) is 0 Å². The molecule has 4 aromatic rings. The molecule has 0 saturated carbocycles. The van der Waals surface area contributed by atoms with Crippen LogP contribution in [0.15, 0.2) is 61.1 Å². The molecule has 2 aromatic heterocycles. The highest BCUT2D eigenvalue weighted by molar-refractivity contribution is 6.27. The molecule has 3 N–H and O–H groups in total. The lowest BCUT2D eigenvalue weighted by molar-refractivity contribution is 0.104. The van der Waals surface area contributed by atoms with E-state index in [4.69, 9.17) is 5.73 Å². The summed E-state index contributed by atoms with van der Waals surface area (Å²) in [5.41, 5.74) is 10.8. The maximum absolute atomic E-state index is 13.9. The number of urea groups is 1. The van der Waals surface area contributed by atoms with Crippen LogP contribution in [0.3, 0.4) is 0 Å². The summed E-state index contributed by atoms with van der Waals surface area (Å²) in [6.07, 6.45) is 4.56. The third kappa shape index (κ3) is 3.84. The highest BCUT2D eigenvalue weighted by Crippen LogP contribution is 2.44. The molecule has 1 fully saturated rings. The van der Waals surface area contributed by atoms with Gasteiger partial charge in [0.1, 0.15) is 5.69 Å². The molecule has 1 saturated heterocycles. The second-order valence-electron chi connectivity index (χ2n) is 9.43. The molecule has 0 unspecified atom stereocenters. The number of aromatic amines is 1. The first kappa shape index (κ1) is 23.6. The summed E-state index contributed by atoms with van der Waals surface area (Å²) in [5, 5.41) is 10.3. The van der Waals surface area contributed by atoms with Crippen LogP contribution in [0.25, 0.3) is 22.5 Å². The van der Waals surface area contributed by atoms with E-state index in [0.29, 0.717) is 39.6 Å². The van der Waals surface area contributed by atoms with E-state index < -0.39 is 6.03 Å². The van der Waals surface area contributed by atoms with Crippen molar-refractivity contribution in [3.05, 3.63) is 72.2 Å². The zero-order valence-electron chi connectivity index (χ0n) is 21.1. The molecule has 1 aliphatic heterocycles. The van der Waals surface area contributed by atoms with Gasteiger partial charge in [0.15, 0.2) is 11.6 Å². The minimum absolute atomic E-state index is 0.226. The predicted octanol–water partition coefficient (Wildman–Crippen LogP) is 2.77. The summed E-state index contributed by atoms with van der Waals surface area (Å²) in [6.45, 7) is 4.00. The second kappa shape index (κ2) is 9.27. The molecule has 192 valence electrons. The van der Waals surface area contributed by atoms with E-state index in [9.17, 15) is 9.59 Å². The third-order valence-electron chi connectivity index (χ3n) is 7.16. The van der Waals surface area contributed by atoms with Crippen LogP contribution in [0.4, 0.5) is 22.0 Å². The van der Waals surface area contributed by atoms with E-state index >= 15 is 0 Å². The monoisotopic (exact) mass is 509 g/mol. The number of H-pyrrole nitrogens is 1. The highest BCUT2D eigenvalue weighted by Gasteiger charge is 2.37. The molecule has 2 aromatic carbocycles. The Morgan fingerprint density at radius 1 is 1.03 bits per heavy atom. The average Bonchev–Trinajstić information content (AvgIpc) is 3.50. The lowest BCUT2D eigenvalue weighted by atomic mass is 10.0. The zero-order chi connectivity index (χ0) is 26.4. The van der Waals surface area contributed by atoms with Gasteiger partial charge in [0, 0.05) is 62.4 Å². The number of primary amides is 1. The maximum Gasteiger partial charge on any atom is 0.338 e. The molecule has 6 rings (SSSR count). The smallest absolute Gasteiger partial charge is 0.338 e. The Morgan fingerprint density at radius 2 is 1.79 bits per heavy atom. The summed E-state index contributed by atoms with van der Waals surface area (Å²) >= 11 is 0. The highest BCUT2D eigenvalue weighted by atomic mass is 16.2. The zero-order valence-corrected chi connectivity index (χ0v) is 21.1. The number of nitrogens with one attached hydrogen (secondary N) is 1. The molecule has 38 heavy (non-hydrogen) atoms. The van der Waals surface area contributed by atoms with Crippen molar-refractivity contribution in [3.8, 4) is 22.5 Å². The summed E-state index contributed by atoms with van der Waals surface area (Å²) in [7, 11) is 3.78. The average molecular weight is 510 g/mol. The minimum atomic E-state index is -0.757. The number of carbonyl (C=O) groups excluding carboxylic acids is 2. The summed E-state index contributed by atoms with van der Waals surface area (Å²) in [6, 6.07) is 12.7. The minimum Gasteiger partial charge on any atom is -0.369 e. The van der Waals surface area contributed by atoms with Crippen molar-refractivity contribution in [1.29, 1.82) is 0 Å². The Labute approximate surface area is 219 Å². The number of anilines is 3. The van der Waals surface area contributed by atoms with E-state index in [0.717, 1.165) is 37.4 Å². The molecule has 1 aliphatic carbocycles. The quantitative estimate of drug-likeness (QED) is 0.346. The van der Waals surface area contributed by atoms with E-state index in [2.05, 4.69) is 49.1 Å². The Morgan fingerprint density at radius 3 is 2.47 bits per heavy atom. The van der Waals surface area contributed by atoms with Crippen LogP contribution in [-0.2, 0) is 0 Å². The van der Waals surface area contributed by atoms with Crippen LogP contribution in [0.2, 0.25) is 0 Å². The maximum atomic E-state index is 13.9. The van der Waals surface area contributed by atoms with Crippen LogP contribution < -0.4 is 20.7 Å². The van der Waals surface area contributed by atoms with Crippen molar-refractivity contribution in [2.24, 2.45) is 5.73 Å². The SMILES string of the molecule is CN1CCN(c2ccc(-c3n[nH]c4c3C(=O)c3c-4cccc3N(C(N)=O)N(C)c3cnccn3)cc2)CC1. The van der Waals surface area contributed by atoms with Gasteiger partial charge < -0.3 is 15.5 Å². The molecular formula is C27H27N9O2. The lowest BCUT2D eigenvalue weighted by Crippen LogP contribution is -2.48. The van der Waals surface area contributed by atoms with Gasteiger partial charge in [0.25, 0.3) is 0 Å². The molecule has 0 radical (unpaired) electrons. The molecule has 3 heterocycles. The van der Waals surface area contributed by atoms with Gasteiger partial charge in [-0.3, -0.25) is 19.9 Å². The van der Waals surface area contributed by atoms with E-state index in [1.54, 1.807) is 19.2 Å². The number of amides is 2. The van der Waals surface area contributed by atoms with Gasteiger partial charge in [-0.15, -0.1) is 0 Å². The van der Waals surface area contributed by atoms with Crippen LogP contribution in [0.1, 0.15) is 15.9 Å². The Balaban J connectivity index is 1.35. The van der Waals surface area contributed by atoms with Crippen molar-refractivity contribution in [2.45, 2.75) is 0 Å². The van der Waals surface area contributed by atoms with Gasteiger partial charge in [-0.2, -0.15) is 5.10 Å². The number of nitrogens with zero attached hydrogens (tertiary/aromatic N) is 7. The number of piperazine rings is 1. The number of likely N-dealkylation sites (N-methyl/N-ethyl adjacent to an activating group) is 1. The standard InChI is InChI=1S/C27H27N9O2/c1-33-12-14-35(15-13-33)18-8-6-17(7-9-18)24-23-25(32-31-24)19-4-3-5-20(22(19)26(23)37)36(27(28)38)34(2)21-16-29-10-11-30-21/h3-11,16H,12-15H2,1-2H3,(H2,28,38)(H,31,32). The number of hydrogen-bond donors (Lipinski definition) is 2. The number of nitrogens with two attached hydrogens (primary N) is 1. The number of hydrazine groups is 1. The second-order valence-corrected chi connectivity index (χ2v) is 9.43.